The topological polar surface area (TPSA) is 77.2 Å². The summed E-state index contributed by atoms with van der Waals surface area (Å²) in [5.74, 6) is 0.733. The summed E-state index contributed by atoms with van der Waals surface area (Å²) in [7, 11) is 0. The van der Waals surface area contributed by atoms with Gasteiger partial charge in [0.05, 0.1) is 18.5 Å². The molecule has 5 nitrogen and oxygen atoms in total. The van der Waals surface area contributed by atoms with E-state index in [-0.39, 0.29) is 0 Å². The van der Waals surface area contributed by atoms with Crippen molar-refractivity contribution in [2.75, 3.05) is 17.7 Å². The average molecular weight is 209 g/mol. The average Bonchev–Trinajstić information content (AvgIpc) is 2.19. The van der Waals surface area contributed by atoms with E-state index in [0.717, 1.165) is 0 Å². The highest BCUT2D eigenvalue weighted by molar-refractivity contribution is 5.84. The number of amides is 1. The third-order valence-electron chi connectivity index (χ3n) is 1.58. The molecule has 0 aliphatic rings. The minimum absolute atomic E-state index is 0.320. The number of rotatable bonds is 3. The third kappa shape index (κ3) is 4.30. The number of nitrogens with zero attached hydrogens (tertiary/aromatic N) is 1. The predicted octanol–water partition coefficient (Wildman–Crippen LogP) is 1.87. The molecule has 1 amide bonds. The zero-order valence-electron chi connectivity index (χ0n) is 8.86. The van der Waals surface area contributed by atoms with Crippen molar-refractivity contribution in [3.63, 3.8) is 0 Å². The second kappa shape index (κ2) is 5.19. The summed E-state index contributed by atoms with van der Waals surface area (Å²) in [4.78, 5) is 15.0. The van der Waals surface area contributed by atoms with Crippen LogP contribution in [0.15, 0.2) is 18.3 Å². The van der Waals surface area contributed by atoms with Gasteiger partial charge in [-0.2, -0.15) is 0 Å². The molecule has 0 saturated heterocycles. The highest BCUT2D eigenvalue weighted by Gasteiger charge is 2.04. The second-order valence-corrected chi connectivity index (χ2v) is 3.59. The molecule has 0 fully saturated rings. The lowest BCUT2D eigenvalue weighted by Gasteiger charge is -2.08. The van der Waals surface area contributed by atoms with Crippen LogP contribution in [0.4, 0.5) is 16.3 Å². The predicted molar refractivity (Wildman–Crippen MR) is 58.5 cm³/mol. The number of carbonyl (C=O) groups excluding carboxylic acids is 1. The van der Waals surface area contributed by atoms with Gasteiger partial charge in [-0.25, -0.2) is 9.78 Å². The Kier molecular flexibility index (Phi) is 3.91. The summed E-state index contributed by atoms with van der Waals surface area (Å²) >= 11 is 0. The van der Waals surface area contributed by atoms with Crippen molar-refractivity contribution in [3.05, 3.63) is 18.3 Å². The number of nitrogen functional groups attached to an aromatic ring is 1. The minimum atomic E-state index is -0.477. The van der Waals surface area contributed by atoms with Crippen molar-refractivity contribution < 1.29 is 9.53 Å². The Morgan fingerprint density at radius 1 is 1.60 bits per heavy atom. The number of nitrogens with two attached hydrogens (primary N) is 1. The molecule has 82 valence electrons. The maximum absolute atomic E-state index is 11.2. The van der Waals surface area contributed by atoms with Crippen molar-refractivity contribution >= 4 is 17.6 Å². The maximum Gasteiger partial charge on any atom is 0.411 e. The van der Waals surface area contributed by atoms with Gasteiger partial charge in [0.25, 0.3) is 0 Å². The molecule has 0 unspecified atom stereocenters. The first kappa shape index (κ1) is 11.3. The molecule has 3 N–H and O–H groups in total. The van der Waals surface area contributed by atoms with Gasteiger partial charge in [0.15, 0.2) is 0 Å². The number of carbonyl (C=O) groups is 1. The molecule has 1 heterocycles. The van der Waals surface area contributed by atoms with Gasteiger partial charge in [0, 0.05) is 0 Å². The normalized spacial score (nSPS) is 10.1. The fourth-order valence-electron chi connectivity index (χ4n) is 0.876. The van der Waals surface area contributed by atoms with Crippen LogP contribution in [0, 0.1) is 5.92 Å². The van der Waals surface area contributed by atoms with Gasteiger partial charge in [-0.1, -0.05) is 13.8 Å². The van der Waals surface area contributed by atoms with E-state index in [0.29, 0.717) is 24.0 Å². The van der Waals surface area contributed by atoms with Crippen LogP contribution in [0.2, 0.25) is 0 Å². The first-order valence-corrected chi connectivity index (χ1v) is 4.73. The summed E-state index contributed by atoms with van der Waals surface area (Å²) in [6, 6.07) is 3.27. The summed E-state index contributed by atoms with van der Waals surface area (Å²) in [6.07, 6.45) is 1.00. The number of hydrogen-bond donors (Lipinski definition) is 2. The highest BCUT2D eigenvalue weighted by Crippen LogP contribution is 2.07. The van der Waals surface area contributed by atoms with Crippen LogP contribution >= 0.6 is 0 Å². The third-order valence-corrected chi connectivity index (χ3v) is 1.58. The molecule has 0 spiro atoms. The van der Waals surface area contributed by atoms with Gasteiger partial charge in [-0.15, -0.1) is 0 Å². The molecule has 1 rings (SSSR count). The standard InChI is InChI=1S/C10H15N3O2/c1-7(2)6-15-10(14)13-8-3-4-9(11)12-5-8/h3-5,7H,6H2,1-2H3,(H2,11,12)(H,13,14). The van der Waals surface area contributed by atoms with Crippen LogP contribution < -0.4 is 11.1 Å². The van der Waals surface area contributed by atoms with E-state index in [9.17, 15) is 4.79 Å². The Balaban J connectivity index is 2.41. The van der Waals surface area contributed by atoms with E-state index < -0.39 is 6.09 Å². The Morgan fingerprint density at radius 3 is 2.87 bits per heavy atom. The Labute approximate surface area is 88.6 Å². The Bertz CT molecular complexity index is 322. The van der Waals surface area contributed by atoms with Gasteiger partial charge in [-0.05, 0) is 18.1 Å². The molecule has 5 heteroatoms. The fraction of sp³-hybridized carbons (Fsp3) is 0.400. The molecule has 0 aliphatic heterocycles. The zero-order chi connectivity index (χ0) is 11.3. The largest absolute Gasteiger partial charge is 0.449 e. The Hall–Kier alpha value is -1.78. The molecule has 0 aromatic carbocycles. The number of aromatic nitrogens is 1. The van der Waals surface area contributed by atoms with Crippen LogP contribution in [0.3, 0.4) is 0 Å². The molecule has 1 aromatic heterocycles. The summed E-state index contributed by atoms with van der Waals surface area (Å²) < 4.78 is 4.93. The van der Waals surface area contributed by atoms with E-state index >= 15 is 0 Å². The highest BCUT2D eigenvalue weighted by atomic mass is 16.5. The van der Waals surface area contributed by atoms with E-state index in [4.69, 9.17) is 10.5 Å². The fourth-order valence-corrected chi connectivity index (χ4v) is 0.876. The summed E-state index contributed by atoms with van der Waals surface area (Å²) in [6.45, 7) is 4.34. The Morgan fingerprint density at radius 2 is 2.33 bits per heavy atom. The maximum atomic E-state index is 11.2. The molecule has 15 heavy (non-hydrogen) atoms. The quantitative estimate of drug-likeness (QED) is 0.796. The van der Waals surface area contributed by atoms with E-state index in [1.54, 1.807) is 12.1 Å². The lowest BCUT2D eigenvalue weighted by atomic mass is 10.2. The molecule has 0 radical (unpaired) electrons. The van der Waals surface area contributed by atoms with Crippen molar-refractivity contribution in [1.29, 1.82) is 0 Å². The van der Waals surface area contributed by atoms with Crippen molar-refractivity contribution in [2.45, 2.75) is 13.8 Å². The second-order valence-electron chi connectivity index (χ2n) is 3.59. The van der Waals surface area contributed by atoms with Gasteiger partial charge >= 0.3 is 6.09 Å². The first-order chi connectivity index (χ1) is 7.08. The van der Waals surface area contributed by atoms with Crippen LogP contribution in [0.1, 0.15) is 13.8 Å². The molecule has 0 bridgehead atoms. The molecular weight excluding hydrogens is 194 g/mol. The SMILES string of the molecule is CC(C)COC(=O)Nc1ccc(N)nc1. The summed E-state index contributed by atoms with van der Waals surface area (Å²) in [5, 5.41) is 2.55. The van der Waals surface area contributed by atoms with E-state index in [1.807, 2.05) is 13.8 Å². The molecule has 0 atom stereocenters. The molecular formula is C10H15N3O2. The minimum Gasteiger partial charge on any atom is -0.449 e. The number of hydrogen-bond acceptors (Lipinski definition) is 4. The van der Waals surface area contributed by atoms with Crippen molar-refractivity contribution in [2.24, 2.45) is 5.92 Å². The van der Waals surface area contributed by atoms with Crippen LogP contribution in [-0.2, 0) is 4.74 Å². The van der Waals surface area contributed by atoms with E-state index in [2.05, 4.69) is 10.3 Å². The van der Waals surface area contributed by atoms with Gasteiger partial charge in [0.2, 0.25) is 0 Å². The van der Waals surface area contributed by atoms with E-state index in [1.165, 1.54) is 6.20 Å². The zero-order valence-corrected chi connectivity index (χ0v) is 8.86. The van der Waals surface area contributed by atoms with Gasteiger partial charge < -0.3 is 10.5 Å². The first-order valence-electron chi connectivity index (χ1n) is 4.73. The lowest BCUT2D eigenvalue weighted by molar-refractivity contribution is 0.147. The number of nitrogens with one attached hydrogen (secondary N) is 1. The van der Waals surface area contributed by atoms with Gasteiger partial charge in [-0.3, -0.25) is 5.32 Å². The number of anilines is 2. The number of pyridine rings is 1. The smallest absolute Gasteiger partial charge is 0.411 e. The number of ether oxygens (including phenoxy) is 1. The van der Waals surface area contributed by atoms with Crippen molar-refractivity contribution in [3.8, 4) is 0 Å². The van der Waals surface area contributed by atoms with Gasteiger partial charge in [0.1, 0.15) is 5.82 Å². The molecule has 0 saturated carbocycles. The van der Waals surface area contributed by atoms with Crippen LogP contribution in [0.5, 0.6) is 0 Å². The van der Waals surface area contributed by atoms with Crippen LogP contribution in [0.25, 0.3) is 0 Å². The molecule has 1 aromatic rings. The monoisotopic (exact) mass is 209 g/mol. The van der Waals surface area contributed by atoms with Crippen molar-refractivity contribution in [1.82, 2.24) is 4.98 Å². The molecule has 0 aliphatic carbocycles. The summed E-state index contributed by atoms with van der Waals surface area (Å²) in [5.41, 5.74) is 5.97. The lowest BCUT2D eigenvalue weighted by Crippen LogP contribution is -2.16. The van der Waals surface area contributed by atoms with Crippen LogP contribution in [-0.4, -0.2) is 17.7 Å².